The molecule has 8 N–H and O–H groups in total. The molecular weight excluding hydrogens is 702 g/mol. The molecule has 0 aromatic rings. The lowest BCUT2D eigenvalue weighted by atomic mass is 9.98. The molecule has 1 amide bonds. The van der Waals surface area contributed by atoms with Crippen molar-refractivity contribution in [2.24, 2.45) is 0 Å². The second-order valence-corrected chi connectivity index (χ2v) is 16.5. The summed E-state index contributed by atoms with van der Waals surface area (Å²) in [6.07, 6.45) is 22.9. The van der Waals surface area contributed by atoms with Crippen LogP contribution in [0.4, 0.5) is 0 Å². The van der Waals surface area contributed by atoms with Gasteiger partial charge in [0.05, 0.1) is 25.4 Å². The summed E-state index contributed by atoms with van der Waals surface area (Å²) in [5.74, 6) is -0.695. The third kappa shape index (κ3) is 25.3. The fourth-order valence-electron chi connectivity index (χ4n) is 7.56. The third-order valence-electron chi connectivity index (χ3n) is 11.4. The van der Waals surface area contributed by atoms with Crippen LogP contribution in [0.1, 0.15) is 206 Å². The Bertz CT molecular complexity index is 866. The van der Waals surface area contributed by atoms with Crippen molar-refractivity contribution in [2.75, 3.05) is 13.2 Å². The Morgan fingerprint density at radius 2 is 0.945 bits per heavy atom. The Labute approximate surface area is 335 Å². The second kappa shape index (κ2) is 35.1. The summed E-state index contributed by atoms with van der Waals surface area (Å²) in [6.45, 7) is 3.44. The lowest BCUT2D eigenvalue weighted by Gasteiger charge is -2.40. The predicted molar refractivity (Wildman–Crippen MR) is 220 cm³/mol. The number of hydrogen-bond donors (Lipinski definition) is 8. The maximum atomic E-state index is 13.0. The molecule has 1 fully saturated rings. The van der Waals surface area contributed by atoms with Gasteiger partial charge in [-0.1, -0.05) is 194 Å². The molecule has 1 rings (SSSR count). The van der Waals surface area contributed by atoms with Gasteiger partial charge in [-0.25, -0.2) is 0 Å². The van der Waals surface area contributed by atoms with Gasteiger partial charge in [0.1, 0.15) is 36.6 Å². The molecule has 0 saturated carbocycles. The molecule has 1 aliphatic heterocycles. The van der Waals surface area contributed by atoms with E-state index in [0.717, 1.165) is 38.5 Å². The Hall–Kier alpha value is -0.890. The molecule has 328 valence electrons. The van der Waals surface area contributed by atoms with E-state index in [1.807, 2.05) is 0 Å². The zero-order valence-corrected chi connectivity index (χ0v) is 35.2. The number of rotatable bonds is 38. The van der Waals surface area contributed by atoms with Crippen LogP contribution in [0.3, 0.4) is 0 Å². The van der Waals surface area contributed by atoms with Crippen molar-refractivity contribution in [1.82, 2.24) is 5.32 Å². The van der Waals surface area contributed by atoms with Gasteiger partial charge in [0.2, 0.25) is 5.91 Å². The molecule has 11 heteroatoms. The summed E-state index contributed by atoms with van der Waals surface area (Å²) in [6, 6.07) is -1.16. The van der Waals surface area contributed by atoms with Crippen LogP contribution in [0.25, 0.3) is 0 Å². The summed E-state index contributed by atoms with van der Waals surface area (Å²) >= 11 is 0. The zero-order valence-electron chi connectivity index (χ0n) is 35.2. The Balaban J connectivity index is 2.46. The minimum atomic E-state index is -1.65. The molecule has 0 spiro atoms. The summed E-state index contributed by atoms with van der Waals surface area (Å²) in [4.78, 5) is 13.0. The molecule has 0 unspecified atom stereocenters. The van der Waals surface area contributed by atoms with E-state index in [9.17, 15) is 40.5 Å². The molecule has 55 heavy (non-hydrogen) atoms. The maximum Gasteiger partial charge on any atom is 0.249 e. The van der Waals surface area contributed by atoms with Crippen molar-refractivity contribution in [3.8, 4) is 0 Å². The summed E-state index contributed by atoms with van der Waals surface area (Å²) in [5, 5.41) is 75.6. The van der Waals surface area contributed by atoms with Crippen LogP contribution < -0.4 is 5.32 Å². The van der Waals surface area contributed by atoms with Crippen molar-refractivity contribution >= 4 is 5.91 Å². The van der Waals surface area contributed by atoms with Gasteiger partial charge in [-0.05, 0) is 12.8 Å². The number of carbonyl (C=O) groups excluding carboxylic acids is 1. The van der Waals surface area contributed by atoms with Crippen molar-refractivity contribution < 1.29 is 50.0 Å². The van der Waals surface area contributed by atoms with Crippen LogP contribution in [-0.2, 0) is 14.3 Å². The number of ether oxygens (including phenoxy) is 2. The molecule has 0 aromatic heterocycles. The maximum absolute atomic E-state index is 13.0. The molecule has 1 saturated heterocycles. The SMILES string of the molecule is CCCCCCCCCCCCCCCCCC[C@H](O)[C@H](O)[C@H](CO[C@@H]1O[C@H](CO)[C@@H](O)[C@H](O)[C@H]1O)NC(=O)[C@H](O)CCCCCCCCCCCCCC. The average molecular weight is 790 g/mol. The van der Waals surface area contributed by atoms with E-state index >= 15 is 0 Å². The fraction of sp³-hybridized carbons (Fsp3) is 0.977. The highest BCUT2D eigenvalue weighted by molar-refractivity contribution is 5.80. The number of carbonyl (C=O) groups is 1. The van der Waals surface area contributed by atoms with Gasteiger partial charge in [0.25, 0.3) is 0 Å². The number of nitrogens with one attached hydrogen (secondary N) is 1. The quantitative estimate of drug-likeness (QED) is 0.0300. The molecular formula is C44H87NO10. The largest absolute Gasteiger partial charge is 0.394 e. The summed E-state index contributed by atoms with van der Waals surface area (Å²) < 4.78 is 11.1. The molecule has 0 aliphatic carbocycles. The van der Waals surface area contributed by atoms with Gasteiger partial charge >= 0.3 is 0 Å². The number of aliphatic hydroxyl groups excluding tert-OH is 7. The molecule has 0 aromatic carbocycles. The van der Waals surface area contributed by atoms with Gasteiger partial charge in [0.15, 0.2) is 6.29 Å². The highest BCUT2D eigenvalue weighted by Crippen LogP contribution is 2.23. The minimum Gasteiger partial charge on any atom is -0.394 e. The number of hydrogen-bond acceptors (Lipinski definition) is 10. The highest BCUT2D eigenvalue weighted by atomic mass is 16.7. The first kappa shape index (κ1) is 52.1. The fourth-order valence-corrected chi connectivity index (χ4v) is 7.56. The van der Waals surface area contributed by atoms with E-state index in [-0.39, 0.29) is 6.42 Å². The third-order valence-corrected chi connectivity index (χ3v) is 11.4. The normalized spacial score (nSPS) is 22.4. The standard InChI is InChI=1S/C44H87NO10/c1-3-5-7-9-11-13-15-17-18-19-20-22-23-25-27-29-31-36(47)39(49)35(34-54-44-42(52)41(51)40(50)38(33-46)55-44)45-43(53)37(48)32-30-28-26-24-21-16-14-12-10-8-6-4-2/h35-42,44,46-52H,3-34H2,1-2H3,(H,45,53)/t35-,36-,37+,38+,39+,40+,41-,42+,44+/m0/s1. The van der Waals surface area contributed by atoms with E-state index in [1.54, 1.807) is 0 Å². The van der Waals surface area contributed by atoms with Crippen LogP contribution in [0.15, 0.2) is 0 Å². The van der Waals surface area contributed by atoms with Crippen LogP contribution in [0, 0.1) is 0 Å². The smallest absolute Gasteiger partial charge is 0.249 e. The highest BCUT2D eigenvalue weighted by Gasteiger charge is 2.44. The van der Waals surface area contributed by atoms with Crippen LogP contribution in [0.2, 0.25) is 0 Å². The Kier molecular flexibility index (Phi) is 33.3. The second-order valence-electron chi connectivity index (χ2n) is 16.5. The van der Waals surface area contributed by atoms with Crippen molar-refractivity contribution in [2.45, 2.75) is 262 Å². The van der Waals surface area contributed by atoms with Crippen LogP contribution in [0.5, 0.6) is 0 Å². The summed E-state index contributed by atoms with van der Waals surface area (Å²) in [5.41, 5.74) is 0. The van der Waals surface area contributed by atoms with Gasteiger partial charge in [-0.3, -0.25) is 4.79 Å². The van der Waals surface area contributed by atoms with Crippen LogP contribution in [-0.4, -0.2) is 110 Å². The van der Waals surface area contributed by atoms with Crippen molar-refractivity contribution in [3.05, 3.63) is 0 Å². The molecule has 1 aliphatic rings. The van der Waals surface area contributed by atoms with Gasteiger partial charge < -0.3 is 50.5 Å². The Morgan fingerprint density at radius 1 is 0.564 bits per heavy atom. The average Bonchev–Trinajstić information content (AvgIpc) is 3.18. The Morgan fingerprint density at radius 3 is 1.35 bits per heavy atom. The van der Waals surface area contributed by atoms with Crippen molar-refractivity contribution in [3.63, 3.8) is 0 Å². The minimum absolute atomic E-state index is 0.265. The number of aliphatic hydroxyl groups is 7. The molecule has 0 bridgehead atoms. The molecule has 11 nitrogen and oxygen atoms in total. The van der Waals surface area contributed by atoms with Gasteiger partial charge in [-0.15, -0.1) is 0 Å². The topological polar surface area (TPSA) is 189 Å². The first-order chi connectivity index (χ1) is 26.7. The van der Waals surface area contributed by atoms with Gasteiger partial charge in [-0.2, -0.15) is 0 Å². The van der Waals surface area contributed by atoms with E-state index < -0.39 is 74.2 Å². The van der Waals surface area contributed by atoms with Crippen LogP contribution >= 0.6 is 0 Å². The van der Waals surface area contributed by atoms with E-state index in [1.165, 1.54) is 128 Å². The summed E-state index contributed by atoms with van der Waals surface area (Å²) in [7, 11) is 0. The van der Waals surface area contributed by atoms with Gasteiger partial charge in [0, 0.05) is 0 Å². The lowest BCUT2D eigenvalue weighted by molar-refractivity contribution is -0.303. The molecule has 0 radical (unpaired) electrons. The predicted octanol–water partition coefficient (Wildman–Crippen LogP) is 7.11. The lowest BCUT2D eigenvalue weighted by Crippen LogP contribution is -2.60. The number of amides is 1. The zero-order chi connectivity index (χ0) is 40.5. The van der Waals surface area contributed by atoms with Crippen molar-refractivity contribution in [1.29, 1.82) is 0 Å². The molecule has 9 atom stereocenters. The number of unbranched alkanes of at least 4 members (excludes halogenated alkanes) is 26. The molecule has 1 heterocycles. The van der Waals surface area contributed by atoms with E-state index in [2.05, 4.69) is 19.2 Å². The van der Waals surface area contributed by atoms with E-state index in [0.29, 0.717) is 19.3 Å². The monoisotopic (exact) mass is 790 g/mol. The first-order valence-corrected chi connectivity index (χ1v) is 22.9. The van der Waals surface area contributed by atoms with E-state index in [4.69, 9.17) is 9.47 Å². The first-order valence-electron chi connectivity index (χ1n) is 22.9.